The van der Waals surface area contributed by atoms with Gasteiger partial charge in [0.05, 0.1) is 6.61 Å². The van der Waals surface area contributed by atoms with Crippen molar-refractivity contribution in [1.82, 2.24) is 0 Å². The lowest BCUT2D eigenvalue weighted by Gasteiger charge is -2.28. The Kier molecular flexibility index (Phi) is 14.5. The molecule has 0 spiro atoms. The van der Waals surface area contributed by atoms with Crippen LogP contribution < -0.4 is 0 Å². The monoisotopic (exact) mass is 370 g/mol. The fourth-order valence-corrected chi connectivity index (χ4v) is 2.88. The Balaban J connectivity index is 4.62. The molecule has 0 aliphatic heterocycles. The molecule has 5 heteroatoms. The summed E-state index contributed by atoms with van der Waals surface area (Å²) >= 11 is 0. The van der Waals surface area contributed by atoms with Crippen LogP contribution in [-0.2, 0) is 9.59 Å². The molecule has 0 aliphatic carbocycles. The van der Waals surface area contributed by atoms with Gasteiger partial charge in [-0.1, -0.05) is 71.3 Å². The number of aliphatic hydroxyl groups is 3. The van der Waals surface area contributed by atoms with Crippen LogP contribution in [0.3, 0.4) is 0 Å². The van der Waals surface area contributed by atoms with Crippen molar-refractivity contribution in [3.8, 4) is 0 Å². The molecule has 3 N–H and O–H groups in total. The number of rotatable bonds is 17. The maximum absolute atomic E-state index is 12.4. The van der Waals surface area contributed by atoms with E-state index in [4.69, 9.17) is 5.11 Å². The molecule has 0 aliphatic rings. The zero-order chi connectivity index (χ0) is 19.8. The van der Waals surface area contributed by atoms with E-state index < -0.39 is 29.9 Å². The van der Waals surface area contributed by atoms with Crippen LogP contribution in [0.2, 0.25) is 0 Å². The molecular weight excluding hydrogens is 332 g/mol. The van der Waals surface area contributed by atoms with Gasteiger partial charge in [-0.25, -0.2) is 0 Å². The Hall–Kier alpha value is -1.04. The first kappa shape index (κ1) is 25.0. The predicted molar refractivity (Wildman–Crippen MR) is 104 cm³/mol. The molecule has 0 fully saturated rings. The number of hydrogen-bond donors (Lipinski definition) is 3. The van der Waals surface area contributed by atoms with Gasteiger partial charge in [0.15, 0.2) is 11.6 Å². The van der Waals surface area contributed by atoms with Crippen molar-refractivity contribution < 1.29 is 24.9 Å². The van der Waals surface area contributed by atoms with Crippen LogP contribution in [0.1, 0.15) is 90.9 Å². The second-order valence-electron chi connectivity index (χ2n) is 7.02. The first-order chi connectivity index (χ1) is 12.4. The Morgan fingerprint density at radius 3 is 2.00 bits per heavy atom. The lowest BCUT2D eigenvalue weighted by atomic mass is 9.84. The Bertz CT molecular complexity index is 419. The van der Waals surface area contributed by atoms with Crippen LogP contribution >= 0.6 is 0 Å². The second-order valence-corrected chi connectivity index (χ2v) is 7.02. The van der Waals surface area contributed by atoms with E-state index in [1.54, 1.807) is 6.08 Å². The second kappa shape index (κ2) is 15.1. The zero-order valence-corrected chi connectivity index (χ0v) is 16.6. The summed E-state index contributed by atoms with van der Waals surface area (Å²) in [6.07, 6.45) is 11.8. The third-order valence-electron chi connectivity index (χ3n) is 4.71. The van der Waals surface area contributed by atoms with Gasteiger partial charge in [0.2, 0.25) is 5.60 Å². The van der Waals surface area contributed by atoms with Crippen molar-refractivity contribution in [2.45, 2.75) is 103 Å². The van der Waals surface area contributed by atoms with Crippen LogP contribution in [0.5, 0.6) is 0 Å². The average molecular weight is 371 g/mol. The van der Waals surface area contributed by atoms with Gasteiger partial charge < -0.3 is 15.3 Å². The highest BCUT2D eigenvalue weighted by Gasteiger charge is 2.47. The number of carbonyl (C=O) groups excluding carboxylic acids is 2. The molecule has 0 aromatic carbocycles. The first-order valence-electron chi connectivity index (χ1n) is 10.2. The molecule has 0 aromatic rings. The van der Waals surface area contributed by atoms with Crippen molar-refractivity contribution in [1.29, 1.82) is 0 Å². The van der Waals surface area contributed by atoms with Crippen molar-refractivity contribution in [2.75, 3.05) is 6.61 Å². The summed E-state index contributed by atoms with van der Waals surface area (Å²) < 4.78 is 0. The standard InChI is InChI=1S/C21H38O5/c1-3-5-7-9-10-12-14-16-19(24)21(26,20(25)17-22)18(23)15-13-11-8-6-4-2/h14,16,20,22,25-26H,3-13,15,17H2,1-2H3. The minimum atomic E-state index is -2.54. The van der Waals surface area contributed by atoms with Crippen LogP contribution in [0.4, 0.5) is 0 Å². The molecule has 26 heavy (non-hydrogen) atoms. The quantitative estimate of drug-likeness (QED) is 0.207. The van der Waals surface area contributed by atoms with Crippen molar-refractivity contribution in [3.63, 3.8) is 0 Å². The molecule has 5 nitrogen and oxygen atoms in total. The molecule has 0 saturated carbocycles. The van der Waals surface area contributed by atoms with E-state index in [0.29, 0.717) is 12.8 Å². The Morgan fingerprint density at radius 2 is 1.46 bits per heavy atom. The number of allylic oxidation sites excluding steroid dienone is 1. The highest BCUT2D eigenvalue weighted by molar-refractivity contribution is 6.15. The topological polar surface area (TPSA) is 94.8 Å². The molecule has 0 radical (unpaired) electrons. The molecule has 0 aromatic heterocycles. The molecular formula is C21H38O5. The molecule has 0 bridgehead atoms. The van der Waals surface area contributed by atoms with E-state index in [2.05, 4.69) is 13.8 Å². The molecule has 0 rings (SSSR count). The minimum absolute atomic E-state index is 0.0217. The average Bonchev–Trinajstić information content (AvgIpc) is 2.65. The van der Waals surface area contributed by atoms with E-state index in [0.717, 1.165) is 44.9 Å². The van der Waals surface area contributed by atoms with Gasteiger partial charge in [-0.2, -0.15) is 0 Å². The smallest absolute Gasteiger partial charge is 0.213 e. The summed E-state index contributed by atoms with van der Waals surface area (Å²) in [4.78, 5) is 24.7. The summed E-state index contributed by atoms with van der Waals surface area (Å²) in [5.41, 5.74) is -2.54. The Morgan fingerprint density at radius 1 is 0.923 bits per heavy atom. The molecule has 2 unspecified atom stereocenters. The summed E-state index contributed by atoms with van der Waals surface area (Å²) in [6.45, 7) is 3.40. The predicted octanol–water partition coefficient (Wildman–Crippen LogP) is 3.49. The number of hydrogen-bond acceptors (Lipinski definition) is 5. The highest BCUT2D eigenvalue weighted by Crippen LogP contribution is 2.20. The SMILES string of the molecule is CCCCCCCC=CC(=O)C(O)(C(=O)CCCCCCC)C(O)CO. The number of Topliss-reactive ketones (excluding diaryl/α,β-unsaturated/α-hetero) is 1. The third-order valence-corrected chi connectivity index (χ3v) is 4.71. The van der Waals surface area contributed by atoms with Crippen molar-refractivity contribution in [3.05, 3.63) is 12.2 Å². The summed E-state index contributed by atoms with van der Waals surface area (Å²) in [5.74, 6) is -1.56. The number of aliphatic hydroxyl groups excluding tert-OH is 2. The fourth-order valence-electron chi connectivity index (χ4n) is 2.88. The van der Waals surface area contributed by atoms with Gasteiger partial charge >= 0.3 is 0 Å². The van der Waals surface area contributed by atoms with E-state index in [9.17, 15) is 19.8 Å². The van der Waals surface area contributed by atoms with Gasteiger partial charge in [-0.05, 0) is 25.3 Å². The van der Waals surface area contributed by atoms with Gasteiger partial charge in [0, 0.05) is 6.42 Å². The lowest BCUT2D eigenvalue weighted by molar-refractivity contribution is -0.163. The van der Waals surface area contributed by atoms with E-state index in [1.165, 1.54) is 18.9 Å². The summed E-state index contributed by atoms with van der Waals surface area (Å²) in [7, 11) is 0. The minimum Gasteiger partial charge on any atom is -0.394 e. The van der Waals surface area contributed by atoms with Crippen LogP contribution in [0.15, 0.2) is 12.2 Å². The number of carbonyl (C=O) groups is 2. The fraction of sp³-hybridized carbons (Fsp3) is 0.810. The molecule has 2 atom stereocenters. The van der Waals surface area contributed by atoms with Crippen LogP contribution in [0, 0.1) is 0 Å². The van der Waals surface area contributed by atoms with Crippen LogP contribution in [-0.4, -0.2) is 45.2 Å². The molecule has 0 heterocycles. The summed E-state index contributed by atoms with van der Waals surface area (Å²) in [5, 5.41) is 29.6. The van der Waals surface area contributed by atoms with E-state index in [1.807, 2.05) is 0 Å². The largest absolute Gasteiger partial charge is 0.394 e. The molecule has 0 saturated heterocycles. The van der Waals surface area contributed by atoms with Gasteiger partial charge in [-0.15, -0.1) is 0 Å². The lowest BCUT2D eigenvalue weighted by Crippen LogP contribution is -2.56. The van der Waals surface area contributed by atoms with Crippen LogP contribution in [0.25, 0.3) is 0 Å². The maximum Gasteiger partial charge on any atom is 0.213 e. The molecule has 152 valence electrons. The first-order valence-corrected chi connectivity index (χ1v) is 10.2. The van der Waals surface area contributed by atoms with Gasteiger partial charge in [0.1, 0.15) is 6.10 Å². The van der Waals surface area contributed by atoms with Crippen molar-refractivity contribution >= 4 is 11.6 Å². The maximum atomic E-state index is 12.4. The summed E-state index contributed by atoms with van der Waals surface area (Å²) in [6, 6.07) is 0. The molecule has 0 amide bonds. The van der Waals surface area contributed by atoms with Crippen molar-refractivity contribution in [2.24, 2.45) is 0 Å². The highest BCUT2D eigenvalue weighted by atomic mass is 16.4. The normalized spacial score (nSPS) is 15.1. The van der Waals surface area contributed by atoms with Gasteiger partial charge in [0.25, 0.3) is 0 Å². The number of ketones is 2. The van der Waals surface area contributed by atoms with E-state index >= 15 is 0 Å². The Labute approximate surface area is 158 Å². The number of unbranched alkanes of at least 4 members (excludes halogenated alkanes) is 9. The van der Waals surface area contributed by atoms with Gasteiger partial charge in [-0.3, -0.25) is 9.59 Å². The third kappa shape index (κ3) is 9.06. The van der Waals surface area contributed by atoms with E-state index in [-0.39, 0.29) is 6.42 Å². The zero-order valence-electron chi connectivity index (χ0n) is 16.6.